The lowest BCUT2D eigenvalue weighted by molar-refractivity contribution is 0.293. The molecular weight excluding hydrogens is 274 g/mol. The Hall–Kier alpha value is -1.27. The molecule has 112 valence electrons. The van der Waals surface area contributed by atoms with Gasteiger partial charge in [-0.05, 0) is 42.9 Å². The summed E-state index contributed by atoms with van der Waals surface area (Å²) >= 11 is 0. The number of nitrogens with one attached hydrogen (secondary N) is 1. The van der Waals surface area contributed by atoms with Crippen molar-refractivity contribution in [1.29, 1.82) is 0 Å². The van der Waals surface area contributed by atoms with E-state index in [0.29, 0.717) is 11.6 Å². The molecule has 1 saturated carbocycles. The third kappa shape index (κ3) is 3.86. The molecule has 0 heterocycles. The number of nitrogen functional groups attached to an aromatic ring is 1. The van der Waals surface area contributed by atoms with Crippen molar-refractivity contribution < 1.29 is 8.42 Å². The number of hydrogen-bond donors (Lipinski definition) is 3. The largest absolute Gasteiger partial charge is 0.397 e. The maximum Gasteiger partial charge on any atom is 0.238 e. The molecule has 2 atom stereocenters. The van der Waals surface area contributed by atoms with E-state index in [1.807, 2.05) is 0 Å². The molecule has 1 fully saturated rings. The highest BCUT2D eigenvalue weighted by molar-refractivity contribution is 7.89. The number of anilines is 2. The third-order valence-corrected chi connectivity index (χ3v) is 4.89. The number of sulfonamides is 1. The summed E-state index contributed by atoms with van der Waals surface area (Å²) in [5.74, 6) is 1.45. The van der Waals surface area contributed by atoms with Crippen LogP contribution in [0.4, 0.5) is 11.4 Å². The molecule has 2 rings (SSSR count). The molecule has 5 N–H and O–H groups in total. The fourth-order valence-electron chi connectivity index (χ4n) is 2.88. The standard InChI is InChI=1S/C14H23N3O2S/c1-10-3-2-4-11(7-10)9-17-14-6-5-12(8-13(14)15)20(16,18)19/h5-6,8,10-11,17H,2-4,7,9,15H2,1H3,(H2,16,18,19). The van der Waals surface area contributed by atoms with Gasteiger partial charge in [0.1, 0.15) is 0 Å². The average Bonchev–Trinajstić information content (AvgIpc) is 2.36. The van der Waals surface area contributed by atoms with Gasteiger partial charge in [0.15, 0.2) is 0 Å². The Balaban J connectivity index is 2.00. The molecule has 0 spiro atoms. The van der Waals surface area contributed by atoms with Crippen molar-refractivity contribution >= 4 is 21.4 Å². The fourth-order valence-corrected chi connectivity index (χ4v) is 3.43. The Morgan fingerprint density at radius 1 is 1.35 bits per heavy atom. The molecule has 5 nitrogen and oxygen atoms in total. The van der Waals surface area contributed by atoms with E-state index in [0.717, 1.165) is 18.2 Å². The highest BCUT2D eigenvalue weighted by Gasteiger charge is 2.19. The Labute approximate surface area is 120 Å². The van der Waals surface area contributed by atoms with Crippen molar-refractivity contribution in [2.24, 2.45) is 17.0 Å². The van der Waals surface area contributed by atoms with Crippen LogP contribution in [-0.4, -0.2) is 15.0 Å². The molecule has 1 aromatic rings. The van der Waals surface area contributed by atoms with E-state index in [-0.39, 0.29) is 4.90 Å². The van der Waals surface area contributed by atoms with E-state index in [9.17, 15) is 8.42 Å². The molecule has 0 saturated heterocycles. The molecule has 2 unspecified atom stereocenters. The average molecular weight is 297 g/mol. The topological polar surface area (TPSA) is 98.2 Å². The van der Waals surface area contributed by atoms with Crippen molar-refractivity contribution in [2.45, 2.75) is 37.5 Å². The molecule has 0 bridgehead atoms. The number of hydrogen-bond acceptors (Lipinski definition) is 4. The van der Waals surface area contributed by atoms with Gasteiger partial charge < -0.3 is 11.1 Å². The monoisotopic (exact) mass is 297 g/mol. The molecule has 0 aliphatic heterocycles. The van der Waals surface area contributed by atoms with Gasteiger partial charge in [-0.25, -0.2) is 13.6 Å². The zero-order valence-electron chi connectivity index (χ0n) is 11.8. The van der Waals surface area contributed by atoms with Gasteiger partial charge in [-0.3, -0.25) is 0 Å². The highest BCUT2D eigenvalue weighted by Crippen LogP contribution is 2.29. The SMILES string of the molecule is CC1CCCC(CNc2ccc(S(N)(=O)=O)cc2N)C1. The van der Waals surface area contributed by atoms with Crippen LogP contribution >= 0.6 is 0 Å². The van der Waals surface area contributed by atoms with Crippen molar-refractivity contribution in [2.75, 3.05) is 17.6 Å². The number of benzene rings is 1. The van der Waals surface area contributed by atoms with E-state index < -0.39 is 10.0 Å². The van der Waals surface area contributed by atoms with Gasteiger partial charge in [0, 0.05) is 6.54 Å². The maximum absolute atomic E-state index is 11.2. The first-order chi connectivity index (χ1) is 9.36. The summed E-state index contributed by atoms with van der Waals surface area (Å²) in [6, 6.07) is 4.57. The number of rotatable bonds is 4. The molecule has 1 aromatic carbocycles. The molecule has 0 amide bonds. The minimum Gasteiger partial charge on any atom is -0.397 e. The van der Waals surface area contributed by atoms with Crippen molar-refractivity contribution in [3.63, 3.8) is 0 Å². The van der Waals surface area contributed by atoms with E-state index >= 15 is 0 Å². The van der Waals surface area contributed by atoms with E-state index in [1.165, 1.54) is 37.8 Å². The first kappa shape index (κ1) is 15.1. The lowest BCUT2D eigenvalue weighted by Crippen LogP contribution is -2.21. The first-order valence-corrected chi connectivity index (χ1v) is 8.57. The quantitative estimate of drug-likeness (QED) is 0.742. The van der Waals surface area contributed by atoms with Gasteiger partial charge in [0.05, 0.1) is 16.3 Å². The van der Waals surface area contributed by atoms with Crippen LogP contribution in [0.2, 0.25) is 0 Å². The molecular formula is C14H23N3O2S. The summed E-state index contributed by atoms with van der Waals surface area (Å²) in [7, 11) is -3.69. The van der Waals surface area contributed by atoms with Crippen LogP contribution < -0.4 is 16.2 Å². The molecule has 6 heteroatoms. The van der Waals surface area contributed by atoms with E-state index in [2.05, 4.69) is 12.2 Å². The second kappa shape index (κ2) is 6.01. The summed E-state index contributed by atoms with van der Waals surface area (Å²) < 4.78 is 22.5. The van der Waals surface area contributed by atoms with Crippen LogP contribution in [0.3, 0.4) is 0 Å². The van der Waals surface area contributed by atoms with Crippen molar-refractivity contribution in [3.05, 3.63) is 18.2 Å². The minimum atomic E-state index is -3.69. The molecule has 1 aliphatic carbocycles. The Kier molecular flexibility index (Phi) is 4.55. The molecule has 0 aromatic heterocycles. The van der Waals surface area contributed by atoms with Crippen LogP contribution in [0.25, 0.3) is 0 Å². The van der Waals surface area contributed by atoms with Crippen LogP contribution in [0.5, 0.6) is 0 Å². The van der Waals surface area contributed by atoms with E-state index in [4.69, 9.17) is 10.9 Å². The number of primary sulfonamides is 1. The van der Waals surface area contributed by atoms with Gasteiger partial charge >= 0.3 is 0 Å². The Morgan fingerprint density at radius 3 is 2.70 bits per heavy atom. The fraction of sp³-hybridized carbons (Fsp3) is 0.571. The van der Waals surface area contributed by atoms with Gasteiger partial charge in [-0.15, -0.1) is 0 Å². The molecule has 1 aliphatic rings. The second-order valence-electron chi connectivity index (χ2n) is 5.81. The predicted octanol–water partition coefficient (Wildman–Crippen LogP) is 2.15. The van der Waals surface area contributed by atoms with Crippen molar-refractivity contribution in [1.82, 2.24) is 0 Å². The first-order valence-electron chi connectivity index (χ1n) is 7.02. The van der Waals surface area contributed by atoms with Gasteiger partial charge in [-0.2, -0.15) is 0 Å². The van der Waals surface area contributed by atoms with Gasteiger partial charge in [0.25, 0.3) is 0 Å². The van der Waals surface area contributed by atoms with Crippen LogP contribution in [0, 0.1) is 11.8 Å². The normalized spacial score (nSPS) is 23.5. The lowest BCUT2D eigenvalue weighted by atomic mass is 9.82. The maximum atomic E-state index is 11.2. The number of nitrogens with two attached hydrogens (primary N) is 2. The molecule has 20 heavy (non-hydrogen) atoms. The van der Waals surface area contributed by atoms with Gasteiger partial charge in [-0.1, -0.05) is 19.8 Å². The highest BCUT2D eigenvalue weighted by atomic mass is 32.2. The predicted molar refractivity (Wildman–Crippen MR) is 81.8 cm³/mol. The third-order valence-electron chi connectivity index (χ3n) is 3.98. The second-order valence-corrected chi connectivity index (χ2v) is 7.37. The van der Waals surface area contributed by atoms with Crippen molar-refractivity contribution in [3.8, 4) is 0 Å². The summed E-state index contributed by atoms with van der Waals surface area (Å²) in [5, 5.41) is 8.40. The van der Waals surface area contributed by atoms with E-state index in [1.54, 1.807) is 6.07 Å². The minimum absolute atomic E-state index is 0.0480. The summed E-state index contributed by atoms with van der Waals surface area (Å²) in [4.78, 5) is 0.0480. The summed E-state index contributed by atoms with van der Waals surface area (Å²) in [6.45, 7) is 3.17. The van der Waals surface area contributed by atoms with Crippen LogP contribution in [0.15, 0.2) is 23.1 Å². The lowest BCUT2D eigenvalue weighted by Gasteiger charge is -2.27. The Morgan fingerprint density at radius 2 is 2.10 bits per heavy atom. The summed E-state index contributed by atoms with van der Waals surface area (Å²) in [5.41, 5.74) is 7.07. The van der Waals surface area contributed by atoms with Crippen LogP contribution in [0.1, 0.15) is 32.6 Å². The summed E-state index contributed by atoms with van der Waals surface area (Å²) in [6.07, 6.45) is 5.09. The smallest absolute Gasteiger partial charge is 0.238 e. The zero-order valence-corrected chi connectivity index (χ0v) is 12.6. The van der Waals surface area contributed by atoms with Gasteiger partial charge in [0.2, 0.25) is 10.0 Å². The molecule has 0 radical (unpaired) electrons. The Bertz CT molecular complexity index is 572. The zero-order chi connectivity index (χ0) is 14.8. The van der Waals surface area contributed by atoms with Crippen LogP contribution in [-0.2, 0) is 10.0 Å².